The molecule has 1 N–H and O–H groups in total. The lowest BCUT2D eigenvalue weighted by molar-refractivity contribution is 0.521. The van der Waals surface area contributed by atoms with Crippen LogP contribution in [0.2, 0.25) is 0 Å². The Balaban J connectivity index is 1.87. The van der Waals surface area contributed by atoms with Crippen LogP contribution < -0.4 is 4.72 Å². The minimum absolute atomic E-state index is 0.0600. The van der Waals surface area contributed by atoms with Gasteiger partial charge in [0.15, 0.2) is 5.89 Å². The van der Waals surface area contributed by atoms with Gasteiger partial charge >= 0.3 is 0 Å². The third-order valence-electron chi connectivity index (χ3n) is 3.25. The summed E-state index contributed by atoms with van der Waals surface area (Å²) in [7, 11) is -4.00. The highest BCUT2D eigenvalue weighted by atomic mass is 32.2. The molecule has 0 saturated carbocycles. The van der Waals surface area contributed by atoms with Crippen LogP contribution >= 0.6 is 0 Å². The van der Waals surface area contributed by atoms with Crippen LogP contribution in [-0.2, 0) is 10.0 Å². The fourth-order valence-electron chi connectivity index (χ4n) is 2.08. The second kappa shape index (κ2) is 6.04. The van der Waals surface area contributed by atoms with Crippen molar-refractivity contribution in [2.75, 3.05) is 4.72 Å². The Kier molecular flexibility index (Phi) is 4.06. The summed E-state index contributed by atoms with van der Waals surface area (Å²) in [5.41, 5.74) is 0.931. The quantitative estimate of drug-likeness (QED) is 0.778. The van der Waals surface area contributed by atoms with E-state index >= 15 is 0 Å². The molecule has 0 radical (unpaired) electrons. The van der Waals surface area contributed by atoms with E-state index in [1.165, 1.54) is 18.4 Å². The van der Waals surface area contributed by atoms with Crippen molar-refractivity contribution in [2.45, 2.75) is 11.8 Å². The number of hydrogen-bond acceptors (Lipinski definition) is 4. The lowest BCUT2D eigenvalue weighted by Gasteiger charge is -2.09. The van der Waals surface area contributed by atoms with Crippen LogP contribution in [0.1, 0.15) is 5.89 Å². The van der Waals surface area contributed by atoms with Gasteiger partial charge in [-0.1, -0.05) is 12.1 Å². The second-order valence-corrected chi connectivity index (χ2v) is 6.69. The second-order valence-electron chi connectivity index (χ2n) is 5.01. The van der Waals surface area contributed by atoms with E-state index in [1.54, 1.807) is 19.1 Å². The maximum Gasteiger partial charge on any atom is 0.261 e. The van der Waals surface area contributed by atoms with Gasteiger partial charge < -0.3 is 4.42 Å². The summed E-state index contributed by atoms with van der Waals surface area (Å²) in [5, 5.41) is 0. The highest BCUT2D eigenvalue weighted by Gasteiger charge is 2.17. The van der Waals surface area contributed by atoms with Gasteiger partial charge in [0, 0.05) is 18.6 Å². The van der Waals surface area contributed by atoms with Crippen LogP contribution in [0.25, 0.3) is 11.3 Å². The Morgan fingerprint density at radius 1 is 1.08 bits per heavy atom. The molecular formula is C16H12F2N2O3S. The molecule has 0 spiro atoms. The van der Waals surface area contributed by atoms with E-state index in [-0.39, 0.29) is 10.6 Å². The zero-order chi connectivity index (χ0) is 17.3. The average molecular weight is 350 g/mol. The van der Waals surface area contributed by atoms with Crippen molar-refractivity contribution in [1.82, 2.24) is 4.98 Å². The fraction of sp³-hybridized carbons (Fsp3) is 0.0625. The van der Waals surface area contributed by atoms with Crippen molar-refractivity contribution >= 4 is 15.7 Å². The molecular weight excluding hydrogens is 338 g/mol. The Hall–Kier alpha value is -2.74. The summed E-state index contributed by atoms with van der Waals surface area (Å²) in [6.45, 7) is 1.70. The van der Waals surface area contributed by atoms with E-state index in [0.29, 0.717) is 23.2 Å². The number of anilines is 1. The molecule has 0 aliphatic carbocycles. The van der Waals surface area contributed by atoms with Crippen molar-refractivity contribution in [3.8, 4) is 11.3 Å². The van der Waals surface area contributed by atoms with E-state index < -0.39 is 21.7 Å². The van der Waals surface area contributed by atoms with E-state index in [9.17, 15) is 17.2 Å². The predicted octanol–water partition coefficient (Wildman–Crippen LogP) is 3.73. The molecule has 3 aromatic rings. The highest BCUT2D eigenvalue weighted by Crippen LogP contribution is 2.23. The number of sulfonamides is 1. The summed E-state index contributed by atoms with van der Waals surface area (Å²) in [5.74, 6) is -1.29. The lowest BCUT2D eigenvalue weighted by Crippen LogP contribution is -2.14. The average Bonchev–Trinajstić information content (AvgIpc) is 2.97. The first-order valence-electron chi connectivity index (χ1n) is 6.85. The number of benzene rings is 2. The summed E-state index contributed by atoms with van der Waals surface area (Å²) >= 11 is 0. The summed E-state index contributed by atoms with van der Waals surface area (Å²) in [6, 6.07) is 8.45. The minimum Gasteiger partial charge on any atom is -0.449 e. The van der Waals surface area contributed by atoms with E-state index in [2.05, 4.69) is 9.71 Å². The first-order chi connectivity index (χ1) is 11.3. The maximum absolute atomic E-state index is 13.6. The number of aryl methyl sites for hydroxylation is 1. The number of nitrogens with zero attached hydrogens (tertiary/aromatic N) is 1. The Morgan fingerprint density at radius 3 is 2.38 bits per heavy atom. The van der Waals surface area contributed by atoms with Gasteiger partial charge in [0.1, 0.15) is 23.6 Å². The van der Waals surface area contributed by atoms with Crippen molar-refractivity contribution < 1.29 is 21.6 Å². The summed E-state index contributed by atoms with van der Waals surface area (Å²) in [4.78, 5) is 4.08. The molecule has 0 aliphatic heterocycles. The molecule has 124 valence electrons. The molecule has 1 aromatic heterocycles. The van der Waals surface area contributed by atoms with Crippen LogP contribution in [0.4, 0.5) is 14.5 Å². The number of halogens is 2. The standard InChI is InChI=1S/C16H12F2N2O3S/c1-10-19-16(9-23-10)11-2-5-13(6-3-11)24(21,22)20-15-7-4-12(17)8-14(15)18/h2-9,20H,1H3. The van der Waals surface area contributed by atoms with Gasteiger partial charge in [-0.05, 0) is 24.3 Å². The Bertz CT molecular complexity index is 983. The van der Waals surface area contributed by atoms with Gasteiger partial charge in [-0.25, -0.2) is 22.2 Å². The third-order valence-corrected chi connectivity index (χ3v) is 4.64. The van der Waals surface area contributed by atoms with Crippen LogP contribution in [0, 0.1) is 18.6 Å². The van der Waals surface area contributed by atoms with E-state index in [0.717, 1.165) is 12.1 Å². The monoisotopic (exact) mass is 350 g/mol. The topological polar surface area (TPSA) is 72.2 Å². The molecule has 0 fully saturated rings. The van der Waals surface area contributed by atoms with Gasteiger partial charge in [0.25, 0.3) is 10.0 Å². The number of rotatable bonds is 4. The fourth-order valence-corrected chi connectivity index (χ4v) is 3.14. The van der Waals surface area contributed by atoms with Crippen LogP contribution in [-0.4, -0.2) is 13.4 Å². The summed E-state index contributed by atoms with van der Waals surface area (Å²) in [6.07, 6.45) is 1.46. The molecule has 8 heteroatoms. The minimum atomic E-state index is -4.00. The number of oxazole rings is 1. The zero-order valence-corrected chi connectivity index (χ0v) is 13.3. The number of hydrogen-bond donors (Lipinski definition) is 1. The molecule has 0 unspecified atom stereocenters. The van der Waals surface area contributed by atoms with Gasteiger partial charge in [-0.2, -0.15) is 0 Å². The third kappa shape index (κ3) is 3.28. The molecule has 2 aromatic carbocycles. The van der Waals surface area contributed by atoms with Crippen molar-refractivity contribution in [2.24, 2.45) is 0 Å². The molecule has 0 bridgehead atoms. The molecule has 0 aliphatic rings. The molecule has 24 heavy (non-hydrogen) atoms. The Morgan fingerprint density at radius 2 is 1.79 bits per heavy atom. The van der Waals surface area contributed by atoms with Gasteiger partial charge in [-0.15, -0.1) is 0 Å². The largest absolute Gasteiger partial charge is 0.449 e. The molecule has 3 rings (SSSR count). The lowest BCUT2D eigenvalue weighted by atomic mass is 10.2. The van der Waals surface area contributed by atoms with Crippen LogP contribution in [0.3, 0.4) is 0 Å². The molecule has 5 nitrogen and oxygen atoms in total. The summed E-state index contributed by atoms with van der Waals surface area (Å²) < 4.78 is 58.2. The van der Waals surface area contributed by atoms with Crippen molar-refractivity contribution in [1.29, 1.82) is 0 Å². The number of aromatic nitrogens is 1. The van der Waals surface area contributed by atoms with Gasteiger partial charge in [0.05, 0.1) is 10.6 Å². The predicted molar refractivity (Wildman–Crippen MR) is 83.8 cm³/mol. The maximum atomic E-state index is 13.6. The smallest absolute Gasteiger partial charge is 0.261 e. The Labute approximate surface area is 137 Å². The van der Waals surface area contributed by atoms with Gasteiger partial charge in [0.2, 0.25) is 0 Å². The van der Waals surface area contributed by atoms with Gasteiger partial charge in [-0.3, -0.25) is 4.72 Å². The van der Waals surface area contributed by atoms with E-state index in [1.807, 2.05) is 0 Å². The van der Waals surface area contributed by atoms with Crippen LogP contribution in [0.15, 0.2) is 58.0 Å². The zero-order valence-electron chi connectivity index (χ0n) is 12.5. The highest BCUT2D eigenvalue weighted by molar-refractivity contribution is 7.92. The molecule has 1 heterocycles. The first kappa shape index (κ1) is 16.1. The first-order valence-corrected chi connectivity index (χ1v) is 8.34. The van der Waals surface area contributed by atoms with E-state index in [4.69, 9.17) is 4.42 Å². The molecule has 0 saturated heterocycles. The van der Waals surface area contributed by atoms with Crippen molar-refractivity contribution in [3.63, 3.8) is 0 Å². The van der Waals surface area contributed by atoms with Crippen molar-refractivity contribution in [3.05, 3.63) is 66.3 Å². The molecule has 0 amide bonds. The number of nitrogens with one attached hydrogen (secondary N) is 1. The molecule has 0 atom stereocenters. The normalized spacial score (nSPS) is 11.5. The van der Waals surface area contributed by atoms with Crippen LogP contribution in [0.5, 0.6) is 0 Å². The SMILES string of the molecule is Cc1nc(-c2ccc(S(=O)(=O)Nc3ccc(F)cc3F)cc2)co1.